The van der Waals surface area contributed by atoms with E-state index in [2.05, 4.69) is 26.3 Å². The lowest BCUT2D eigenvalue weighted by Gasteiger charge is -2.28. The predicted octanol–water partition coefficient (Wildman–Crippen LogP) is 1.89. The second kappa shape index (κ2) is 5.87. The van der Waals surface area contributed by atoms with Gasteiger partial charge < -0.3 is 9.88 Å². The van der Waals surface area contributed by atoms with Gasteiger partial charge >= 0.3 is 0 Å². The van der Waals surface area contributed by atoms with Gasteiger partial charge in [-0.1, -0.05) is 6.42 Å². The number of nitrogens with zero attached hydrogens (tertiary/aromatic N) is 3. The molecule has 0 saturated heterocycles. The van der Waals surface area contributed by atoms with E-state index in [-0.39, 0.29) is 0 Å². The van der Waals surface area contributed by atoms with E-state index in [4.69, 9.17) is 0 Å². The summed E-state index contributed by atoms with van der Waals surface area (Å²) in [6.07, 6.45) is 7.54. The van der Waals surface area contributed by atoms with E-state index in [1.165, 1.54) is 25.7 Å². The van der Waals surface area contributed by atoms with Crippen molar-refractivity contribution in [3.05, 3.63) is 11.6 Å². The third kappa shape index (κ3) is 3.22. The fourth-order valence-corrected chi connectivity index (χ4v) is 3.21. The number of aryl methyl sites for hydroxylation is 1. The maximum absolute atomic E-state index is 4.18. The van der Waals surface area contributed by atoms with Crippen LogP contribution >= 0.6 is 11.8 Å². The molecule has 0 radical (unpaired) electrons. The van der Waals surface area contributed by atoms with Gasteiger partial charge in [0.1, 0.15) is 11.6 Å². The summed E-state index contributed by atoms with van der Waals surface area (Å²) in [5.74, 6) is 2.02. The van der Waals surface area contributed by atoms with Crippen LogP contribution in [0, 0.1) is 6.92 Å². The minimum Gasteiger partial charge on any atom is -0.317 e. The third-order valence-corrected chi connectivity index (χ3v) is 4.79. The molecular weight excluding hydrogens is 232 g/mol. The van der Waals surface area contributed by atoms with Gasteiger partial charge in [0.15, 0.2) is 0 Å². The molecule has 1 saturated carbocycles. The Kier molecular flexibility index (Phi) is 4.45. The highest BCUT2D eigenvalue weighted by molar-refractivity contribution is 7.99. The van der Waals surface area contributed by atoms with Gasteiger partial charge in [0.05, 0.1) is 6.54 Å². The molecule has 2 unspecified atom stereocenters. The molecule has 17 heavy (non-hydrogen) atoms. The number of rotatable bonds is 4. The van der Waals surface area contributed by atoms with Gasteiger partial charge in [0.25, 0.3) is 0 Å². The Balaban J connectivity index is 1.83. The standard InChI is InChI=1S/C12H22N4S/c1-9-14-15-12(16(9)2)8-13-10-5-4-6-11(7-10)17-3/h10-11,13H,4-8H2,1-3H3. The van der Waals surface area contributed by atoms with E-state index in [1.54, 1.807) is 0 Å². The molecule has 96 valence electrons. The topological polar surface area (TPSA) is 42.7 Å². The summed E-state index contributed by atoms with van der Waals surface area (Å²) >= 11 is 2.01. The maximum Gasteiger partial charge on any atom is 0.146 e. The van der Waals surface area contributed by atoms with Gasteiger partial charge in [-0.2, -0.15) is 11.8 Å². The van der Waals surface area contributed by atoms with Crippen molar-refractivity contribution in [1.29, 1.82) is 0 Å². The van der Waals surface area contributed by atoms with Crippen molar-refractivity contribution in [3.63, 3.8) is 0 Å². The smallest absolute Gasteiger partial charge is 0.146 e. The molecule has 5 heteroatoms. The molecule has 1 aromatic heterocycles. The molecule has 1 heterocycles. The van der Waals surface area contributed by atoms with Crippen LogP contribution in [0.1, 0.15) is 37.3 Å². The van der Waals surface area contributed by atoms with Crippen molar-refractivity contribution >= 4 is 11.8 Å². The summed E-state index contributed by atoms with van der Waals surface area (Å²) < 4.78 is 2.06. The van der Waals surface area contributed by atoms with Crippen LogP contribution in [0.15, 0.2) is 0 Å². The Morgan fingerprint density at radius 1 is 1.41 bits per heavy atom. The van der Waals surface area contributed by atoms with Gasteiger partial charge in [0, 0.05) is 18.3 Å². The molecule has 1 fully saturated rings. The first kappa shape index (κ1) is 12.9. The van der Waals surface area contributed by atoms with Gasteiger partial charge in [-0.15, -0.1) is 10.2 Å². The SMILES string of the molecule is CSC1CCCC(NCc2nnc(C)n2C)C1. The van der Waals surface area contributed by atoms with E-state index in [9.17, 15) is 0 Å². The molecule has 1 aliphatic carbocycles. The van der Waals surface area contributed by atoms with Gasteiger partial charge in [-0.05, 0) is 32.4 Å². The summed E-state index contributed by atoms with van der Waals surface area (Å²) in [7, 11) is 2.03. The van der Waals surface area contributed by atoms with Crippen LogP contribution in [0.25, 0.3) is 0 Å². The van der Waals surface area contributed by atoms with E-state index in [0.29, 0.717) is 6.04 Å². The second-order valence-electron chi connectivity index (χ2n) is 4.82. The minimum absolute atomic E-state index is 0.651. The van der Waals surface area contributed by atoms with Crippen molar-refractivity contribution in [3.8, 4) is 0 Å². The van der Waals surface area contributed by atoms with Gasteiger partial charge in [0.2, 0.25) is 0 Å². The molecule has 0 amide bonds. The summed E-state index contributed by atoms with van der Waals surface area (Å²) in [6, 6.07) is 0.651. The van der Waals surface area contributed by atoms with Crippen LogP contribution in [0.4, 0.5) is 0 Å². The fourth-order valence-electron chi connectivity index (χ4n) is 2.39. The van der Waals surface area contributed by atoms with Crippen molar-refractivity contribution < 1.29 is 0 Å². The molecule has 4 nitrogen and oxygen atoms in total. The van der Waals surface area contributed by atoms with Crippen LogP contribution < -0.4 is 5.32 Å². The molecular formula is C12H22N4S. The summed E-state index contributed by atoms with van der Waals surface area (Å²) in [6.45, 7) is 2.82. The van der Waals surface area contributed by atoms with Crippen LogP contribution in [0.2, 0.25) is 0 Å². The first-order valence-electron chi connectivity index (χ1n) is 6.31. The second-order valence-corrected chi connectivity index (χ2v) is 5.96. The average molecular weight is 254 g/mol. The lowest BCUT2D eigenvalue weighted by atomic mass is 9.95. The first-order valence-corrected chi connectivity index (χ1v) is 7.60. The summed E-state index contributed by atoms with van der Waals surface area (Å²) in [4.78, 5) is 0. The number of hydrogen-bond donors (Lipinski definition) is 1. The molecule has 2 atom stereocenters. The van der Waals surface area contributed by atoms with Crippen molar-refractivity contribution in [2.75, 3.05) is 6.26 Å². The fraction of sp³-hybridized carbons (Fsp3) is 0.833. The Morgan fingerprint density at radius 2 is 2.24 bits per heavy atom. The molecule has 1 aromatic rings. The highest BCUT2D eigenvalue weighted by Gasteiger charge is 2.21. The van der Waals surface area contributed by atoms with Crippen molar-refractivity contribution in [2.24, 2.45) is 7.05 Å². The molecule has 0 aromatic carbocycles. The van der Waals surface area contributed by atoms with Crippen LogP contribution in [-0.2, 0) is 13.6 Å². The Hall–Kier alpha value is -0.550. The van der Waals surface area contributed by atoms with E-state index in [1.807, 2.05) is 25.7 Å². The van der Waals surface area contributed by atoms with E-state index in [0.717, 1.165) is 23.4 Å². The number of nitrogens with one attached hydrogen (secondary N) is 1. The van der Waals surface area contributed by atoms with Gasteiger partial charge in [-0.3, -0.25) is 0 Å². The third-order valence-electron chi connectivity index (χ3n) is 3.69. The van der Waals surface area contributed by atoms with Gasteiger partial charge in [-0.25, -0.2) is 0 Å². The van der Waals surface area contributed by atoms with Crippen molar-refractivity contribution in [1.82, 2.24) is 20.1 Å². The molecule has 1 aliphatic rings. The maximum atomic E-state index is 4.18. The summed E-state index contributed by atoms with van der Waals surface area (Å²) in [5.41, 5.74) is 0. The van der Waals surface area contributed by atoms with Crippen LogP contribution in [0.5, 0.6) is 0 Å². The number of thioether (sulfide) groups is 1. The highest BCUT2D eigenvalue weighted by Crippen LogP contribution is 2.26. The average Bonchev–Trinajstić information content (AvgIpc) is 2.68. The predicted molar refractivity (Wildman–Crippen MR) is 72.1 cm³/mol. The Labute approximate surface area is 108 Å². The molecule has 0 aliphatic heterocycles. The zero-order valence-corrected chi connectivity index (χ0v) is 11.8. The highest BCUT2D eigenvalue weighted by atomic mass is 32.2. The largest absolute Gasteiger partial charge is 0.317 e. The normalized spacial score (nSPS) is 25.1. The van der Waals surface area contributed by atoms with Crippen LogP contribution in [-0.4, -0.2) is 32.3 Å². The van der Waals surface area contributed by atoms with E-state index >= 15 is 0 Å². The minimum atomic E-state index is 0.651. The monoisotopic (exact) mass is 254 g/mol. The number of hydrogen-bond acceptors (Lipinski definition) is 4. The molecule has 1 N–H and O–H groups in total. The number of aromatic nitrogens is 3. The quantitative estimate of drug-likeness (QED) is 0.891. The van der Waals surface area contributed by atoms with Crippen molar-refractivity contribution in [2.45, 2.75) is 50.4 Å². The molecule has 2 rings (SSSR count). The van der Waals surface area contributed by atoms with E-state index < -0.39 is 0 Å². The lowest BCUT2D eigenvalue weighted by molar-refractivity contribution is 0.374. The zero-order valence-electron chi connectivity index (χ0n) is 10.9. The lowest BCUT2D eigenvalue weighted by Crippen LogP contribution is -2.35. The van der Waals surface area contributed by atoms with Crippen LogP contribution in [0.3, 0.4) is 0 Å². The summed E-state index contributed by atoms with van der Waals surface area (Å²) in [5, 5.41) is 12.7. The Morgan fingerprint density at radius 3 is 2.88 bits per heavy atom. The molecule has 0 bridgehead atoms. The first-order chi connectivity index (χ1) is 8.20. The zero-order chi connectivity index (χ0) is 12.3. The Bertz CT molecular complexity index is 363. The molecule has 0 spiro atoms.